The Hall–Kier alpha value is -2.53. The van der Waals surface area contributed by atoms with Crippen LogP contribution in [-0.4, -0.2) is 23.6 Å². The van der Waals surface area contributed by atoms with Gasteiger partial charge in [-0.1, -0.05) is 24.3 Å². The Morgan fingerprint density at radius 1 is 1.09 bits per heavy atom. The van der Waals surface area contributed by atoms with E-state index in [4.69, 9.17) is 4.74 Å². The average Bonchev–Trinajstić information content (AvgIpc) is 2.58. The summed E-state index contributed by atoms with van der Waals surface area (Å²) in [6.07, 6.45) is 2.09. The number of nitrogens with one attached hydrogen (secondary N) is 1. The normalized spacial score (nSPS) is 10.9. The molecule has 0 aliphatic carbocycles. The molecule has 23 heavy (non-hydrogen) atoms. The molecule has 0 aliphatic heterocycles. The van der Waals surface area contributed by atoms with Gasteiger partial charge in [-0.15, -0.1) is 0 Å². The van der Waals surface area contributed by atoms with E-state index in [0.717, 1.165) is 22.3 Å². The van der Waals surface area contributed by atoms with Crippen molar-refractivity contribution in [1.29, 1.82) is 0 Å². The Labute approximate surface area is 134 Å². The third-order valence-electron chi connectivity index (χ3n) is 3.73. The van der Waals surface area contributed by atoms with E-state index in [9.17, 15) is 4.39 Å². The molecule has 0 saturated carbocycles. The summed E-state index contributed by atoms with van der Waals surface area (Å²) in [6.45, 7) is 0.988. The highest BCUT2D eigenvalue weighted by molar-refractivity contribution is 5.88. The summed E-state index contributed by atoms with van der Waals surface area (Å²) in [4.78, 5) is 8.51. The first-order valence-corrected chi connectivity index (χ1v) is 7.48. The van der Waals surface area contributed by atoms with Gasteiger partial charge in [0, 0.05) is 19.0 Å². The van der Waals surface area contributed by atoms with E-state index in [1.807, 2.05) is 30.3 Å². The van der Waals surface area contributed by atoms with Gasteiger partial charge in [0.15, 0.2) is 0 Å². The Kier molecular flexibility index (Phi) is 4.78. The largest absolute Gasteiger partial charge is 0.380 e. The van der Waals surface area contributed by atoms with E-state index < -0.39 is 0 Å². The van der Waals surface area contributed by atoms with Gasteiger partial charge in [-0.25, -0.2) is 14.4 Å². The number of fused-ring (bicyclic) bond motifs is 1. The number of benzene rings is 2. The van der Waals surface area contributed by atoms with Crippen LogP contribution in [0.4, 0.5) is 10.2 Å². The molecule has 0 aliphatic rings. The maximum absolute atomic E-state index is 14.0. The Morgan fingerprint density at radius 3 is 2.83 bits per heavy atom. The molecule has 2 aromatic carbocycles. The fraction of sp³-hybridized carbons (Fsp3) is 0.222. The summed E-state index contributed by atoms with van der Waals surface area (Å²) in [6, 6.07) is 12.9. The van der Waals surface area contributed by atoms with Crippen molar-refractivity contribution in [3.05, 3.63) is 65.7 Å². The van der Waals surface area contributed by atoms with E-state index in [1.54, 1.807) is 13.2 Å². The van der Waals surface area contributed by atoms with Gasteiger partial charge in [-0.05, 0) is 35.7 Å². The monoisotopic (exact) mass is 311 g/mol. The number of nitrogens with zero attached hydrogens (tertiary/aromatic N) is 2. The van der Waals surface area contributed by atoms with Crippen LogP contribution in [0.25, 0.3) is 10.9 Å². The first-order chi connectivity index (χ1) is 11.3. The predicted octanol–water partition coefficient (Wildman–Crippen LogP) is 3.57. The highest BCUT2D eigenvalue weighted by atomic mass is 19.1. The fourth-order valence-corrected chi connectivity index (χ4v) is 2.63. The van der Waals surface area contributed by atoms with Crippen molar-refractivity contribution in [2.45, 2.75) is 13.0 Å². The number of methoxy groups -OCH3 is 1. The molecule has 0 fully saturated rings. The van der Waals surface area contributed by atoms with E-state index >= 15 is 0 Å². The van der Waals surface area contributed by atoms with Crippen molar-refractivity contribution < 1.29 is 9.13 Å². The van der Waals surface area contributed by atoms with E-state index in [1.165, 1.54) is 12.4 Å². The zero-order valence-corrected chi connectivity index (χ0v) is 12.9. The Balaban J connectivity index is 1.74. The lowest BCUT2D eigenvalue weighted by Gasteiger charge is -2.12. The molecule has 1 N–H and O–H groups in total. The minimum Gasteiger partial charge on any atom is -0.380 e. The van der Waals surface area contributed by atoms with Crippen LogP contribution < -0.4 is 5.32 Å². The molecule has 1 aromatic heterocycles. The second kappa shape index (κ2) is 7.15. The number of rotatable bonds is 6. The van der Waals surface area contributed by atoms with E-state index in [-0.39, 0.29) is 5.82 Å². The second-order valence-electron chi connectivity index (χ2n) is 5.23. The molecule has 3 aromatic rings. The van der Waals surface area contributed by atoms with Gasteiger partial charge in [0.2, 0.25) is 0 Å². The van der Waals surface area contributed by atoms with Crippen LogP contribution in [0.15, 0.2) is 48.8 Å². The third-order valence-corrected chi connectivity index (χ3v) is 3.73. The van der Waals surface area contributed by atoms with Gasteiger partial charge in [0.1, 0.15) is 18.0 Å². The van der Waals surface area contributed by atoms with Crippen LogP contribution >= 0.6 is 0 Å². The first kappa shape index (κ1) is 15.4. The average molecular weight is 311 g/mol. The summed E-state index contributed by atoms with van der Waals surface area (Å²) in [5.74, 6) is 0.564. The van der Waals surface area contributed by atoms with Gasteiger partial charge >= 0.3 is 0 Å². The predicted molar refractivity (Wildman–Crippen MR) is 88.8 cm³/mol. The Bertz CT molecular complexity index is 802. The molecule has 1 heterocycles. The topological polar surface area (TPSA) is 47.0 Å². The van der Waals surface area contributed by atoms with Crippen LogP contribution in [0.1, 0.15) is 11.1 Å². The van der Waals surface area contributed by atoms with Crippen molar-refractivity contribution in [1.82, 2.24) is 9.97 Å². The molecule has 3 rings (SSSR count). The number of hydrogen-bond donors (Lipinski definition) is 1. The number of aromatic nitrogens is 2. The standard InChI is InChI=1S/C18H18FN3O/c1-23-11-13-5-4-7-16(19)14(13)9-10-20-18-15-6-2-3-8-17(15)21-12-22-18/h2-8,12H,9-11H2,1H3,(H,20,21,22). The smallest absolute Gasteiger partial charge is 0.137 e. The maximum Gasteiger partial charge on any atom is 0.137 e. The SMILES string of the molecule is COCc1cccc(F)c1CCNc1ncnc2ccccc12. The van der Waals surface area contributed by atoms with Crippen LogP contribution in [0.5, 0.6) is 0 Å². The van der Waals surface area contributed by atoms with Crippen LogP contribution in [-0.2, 0) is 17.8 Å². The first-order valence-electron chi connectivity index (χ1n) is 7.48. The quantitative estimate of drug-likeness (QED) is 0.756. The molecule has 0 radical (unpaired) electrons. The van der Waals surface area contributed by atoms with Gasteiger partial charge in [0.25, 0.3) is 0 Å². The molecule has 0 saturated heterocycles. The minimum absolute atomic E-state index is 0.200. The van der Waals surface area contributed by atoms with Gasteiger partial charge < -0.3 is 10.1 Å². The molecule has 0 spiro atoms. The molecule has 0 amide bonds. The molecule has 0 unspecified atom stereocenters. The van der Waals surface area contributed by atoms with Crippen molar-refractivity contribution >= 4 is 16.7 Å². The molecule has 118 valence electrons. The van der Waals surface area contributed by atoms with Crippen molar-refractivity contribution in [2.75, 3.05) is 19.0 Å². The molecular formula is C18H18FN3O. The number of anilines is 1. The minimum atomic E-state index is -0.200. The molecule has 5 heteroatoms. The Morgan fingerprint density at radius 2 is 1.96 bits per heavy atom. The molecule has 4 nitrogen and oxygen atoms in total. The number of hydrogen-bond acceptors (Lipinski definition) is 4. The lowest BCUT2D eigenvalue weighted by atomic mass is 10.0. The van der Waals surface area contributed by atoms with Crippen LogP contribution in [0.3, 0.4) is 0 Å². The third kappa shape index (κ3) is 3.46. The number of ether oxygens (including phenoxy) is 1. The summed E-state index contributed by atoms with van der Waals surface area (Å²) in [5.41, 5.74) is 2.44. The number of para-hydroxylation sites is 1. The van der Waals surface area contributed by atoms with E-state index in [0.29, 0.717) is 25.1 Å². The van der Waals surface area contributed by atoms with Crippen LogP contribution in [0, 0.1) is 5.82 Å². The summed E-state index contributed by atoms with van der Waals surface area (Å²) >= 11 is 0. The van der Waals surface area contributed by atoms with Gasteiger partial charge in [0.05, 0.1) is 12.1 Å². The fourth-order valence-electron chi connectivity index (χ4n) is 2.63. The highest BCUT2D eigenvalue weighted by Crippen LogP contribution is 2.19. The molecular weight excluding hydrogens is 293 g/mol. The van der Waals surface area contributed by atoms with Gasteiger partial charge in [-0.3, -0.25) is 0 Å². The maximum atomic E-state index is 14.0. The second-order valence-corrected chi connectivity index (χ2v) is 5.23. The summed E-state index contributed by atoms with van der Waals surface area (Å²) in [7, 11) is 1.61. The summed E-state index contributed by atoms with van der Waals surface area (Å²) < 4.78 is 19.2. The zero-order valence-electron chi connectivity index (χ0n) is 12.9. The lowest BCUT2D eigenvalue weighted by molar-refractivity contribution is 0.183. The summed E-state index contributed by atoms with van der Waals surface area (Å²) in [5, 5.41) is 4.23. The van der Waals surface area contributed by atoms with Crippen molar-refractivity contribution in [3.8, 4) is 0 Å². The highest BCUT2D eigenvalue weighted by Gasteiger charge is 2.09. The lowest BCUT2D eigenvalue weighted by Crippen LogP contribution is -2.10. The van der Waals surface area contributed by atoms with Crippen LogP contribution in [0.2, 0.25) is 0 Å². The van der Waals surface area contributed by atoms with Crippen molar-refractivity contribution in [2.24, 2.45) is 0 Å². The molecule has 0 bridgehead atoms. The zero-order chi connectivity index (χ0) is 16.1. The van der Waals surface area contributed by atoms with E-state index in [2.05, 4.69) is 15.3 Å². The van der Waals surface area contributed by atoms with Crippen molar-refractivity contribution in [3.63, 3.8) is 0 Å². The number of halogens is 1. The molecule has 0 atom stereocenters. The van der Waals surface area contributed by atoms with Gasteiger partial charge in [-0.2, -0.15) is 0 Å².